The number of hydrogen-bond donors (Lipinski definition) is 2. The smallest absolute Gasteiger partial charge is 0.317 e. The first kappa shape index (κ1) is 17.9. The fourth-order valence-corrected chi connectivity index (χ4v) is 4.55. The number of carbonyl (C=O) groups excluding carboxylic acids is 1. The van der Waals surface area contributed by atoms with Gasteiger partial charge in [-0.1, -0.05) is 24.3 Å². The van der Waals surface area contributed by atoms with Crippen molar-refractivity contribution in [1.82, 2.24) is 20.1 Å². The molecule has 0 radical (unpaired) electrons. The maximum Gasteiger partial charge on any atom is 0.317 e. The standard InChI is InChI=1S/C22H28N4O/c1-4-10-26-14-16(24-22(27)25(5-2)6-3)12-18-17-8-7-9-19-21(17)15(13-23-19)11-20(18)26/h4,7-9,12-13,16,20,23H,1,5-6,10-11,14H2,2-3H3,(H,24,27)/t16-,20-/m1/s1. The van der Waals surface area contributed by atoms with Crippen LogP contribution in [0.15, 0.2) is 43.1 Å². The van der Waals surface area contributed by atoms with E-state index in [9.17, 15) is 4.79 Å². The van der Waals surface area contributed by atoms with Crippen LogP contribution in [0.5, 0.6) is 0 Å². The van der Waals surface area contributed by atoms with Crippen LogP contribution in [0.4, 0.5) is 4.79 Å². The third-order valence-corrected chi connectivity index (χ3v) is 5.85. The molecule has 1 aromatic heterocycles. The fraction of sp³-hybridized carbons (Fsp3) is 0.409. The molecule has 2 aliphatic rings. The number of aromatic amines is 1. The van der Waals surface area contributed by atoms with Crippen LogP contribution in [0.1, 0.15) is 25.0 Å². The van der Waals surface area contributed by atoms with Crippen LogP contribution in [0.25, 0.3) is 16.5 Å². The summed E-state index contributed by atoms with van der Waals surface area (Å²) in [5, 5.41) is 4.55. The highest BCUT2D eigenvalue weighted by Crippen LogP contribution is 2.40. The molecule has 1 aliphatic carbocycles. The lowest BCUT2D eigenvalue weighted by Gasteiger charge is -2.42. The van der Waals surface area contributed by atoms with Crippen molar-refractivity contribution in [3.05, 3.63) is 54.3 Å². The third-order valence-electron chi connectivity index (χ3n) is 5.85. The van der Waals surface area contributed by atoms with Crippen LogP contribution in [-0.2, 0) is 6.42 Å². The molecular formula is C22H28N4O. The molecule has 0 fully saturated rings. The number of hydrogen-bond acceptors (Lipinski definition) is 2. The van der Waals surface area contributed by atoms with Gasteiger partial charge in [0.2, 0.25) is 0 Å². The highest BCUT2D eigenvalue weighted by atomic mass is 16.2. The Morgan fingerprint density at radius 1 is 1.41 bits per heavy atom. The van der Waals surface area contributed by atoms with E-state index >= 15 is 0 Å². The summed E-state index contributed by atoms with van der Waals surface area (Å²) in [5.74, 6) is 0. The Balaban J connectivity index is 1.71. The normalized spacial score (nSPS) is 21.5. The van der Waals surface area contributed by atoms with Gasteiger partial charge in [0.1, 0.15) is 0 Å². The predicted molar refractivity (Wildman–Crippen MR) is 111 cm³/mol. The zero-order chi connectivity index (χ0) is 19.0. The third kappa shape index (κ3) is 3.06. The number of aromatic nitrogens is 1. The lowest BCUT2D eigenvalue weighted by molar-refractivity contribution is 0.189. The monoisotopic (exact) mass is 364 g/mol. The number of amides is 2. The number of urea groups is 1. The second kappa shape index (κ2) is 7.24. The van der Waals surface area contributed by atoms with Gasteiger partial charge < -0.3 is 15.2 Å². The number of rotatable bonds is 5. The Morgan fingerprint density at radius 3 is 2.96 bits per heavy atom. The molecule has 2 atom stereocenters. The number of benzene rings is 1. The van der Waals surface area contributed by atoms with Crippen LogP contribution in [0, 0.1) is 0 Å². The first-order chi connectivity index (χ1) is 13.2. The molecule has 0 spiro atoms. The highest BCUT2D eigenvalue weighted by molar-refractivity contribution is 5.98. The minimum absolute atomic E-state index is 0.0000444. The number of nitrogens with one attached hydrogen (secondary N) is 2. The topological polar surface area (TPSA) is 51.4 Å². The van der Waals surface area contributed by atoms with Crippen molar-refractivity contribution in [2.24, 2.45) is 0 Å². The molecule has 5 nitrogen and oxygen atoms in total. The number of fused-ring (bicyclic) bond motifs is 2. The van der Waals surface area contributed by atoms with Gasteiger partial charge in [0, 0.05) is 49.3 Å². The molecule has 0 saturated heterocycles. The Hall–Kier alpha value is -2.53. The predicted octanol–water partition coefficient (Wildman–Crippen LogP) is 3.40. The van der Waals surface area contributed by atoms with E-state index in [0.717, 1.165) is 32.6 Å². The summed E-state index contributed by atoms with van der Waals surface area (Å²) in [4.78, 5) is 20.3. The highest BCUT2D eigenvalue weighted by Gasteiger charge is 2.35. The number of nitrogens with zero attached hydrogens (tertiary/aromatic N) is 2. The minimum atomic E-state index is 0.0000444. The van der Waals surface area contributed by atoms with Crippen molar-refractivity contribution in [3.8, 4) is 0 Å². The van der Waals surface area contributed by atoms with E-state index in [1.165, 1.54) is 27.6 Å². The maximum atomic E-state index is 12.6. The largest absolute Gasteiger partial charge is 0.361 e. The quantitative estimate of drug-likeness (QED) is 0.799. The second-order valence-electron chi connectivity index (χ2n) is 7.35. The first-order valence-corrected chi connectivity index (χ1v) is 9.87. The molecule has 1 aliphatic heterocycles. The Kier molecular flexibility index (Phi) is 4.79. The van der Waals surface area contributed by atoms with Crippen molar-refractivity contribution < 1.29 is 4.79 Å². The summed E-state index contributed by atoms with van der Waals surface area (Å²) >= 11 is 0. The van der Waals surface area contributed by atoms with E-state index in [-0.39, 0.29) is 12.1 Å². The molecule has 0 bridgehead atoms. The molecule has 142 valence electrons. The van der Waals surface area contributed by atoms with E-state index in [1.54, 1.807) is 0 Å². The van der Waals surface area contributed by atoms with Gasteiger partial charge in [-0.25, -0.2) is 4.79 Å². The van der Waals surface area contributed by atoms with Crippen molar-refractivity contribution in [3.63, 3.8) is 0 Å². The molecule has 0 unspecified atom stereocenters. The number of carbonyl (C=O) groups is 1. The van der Waals surface area contributed by atoms with Crippen molar-refractivity contribution in [2.45, 2.75) is 32.4 Å². The van der Waals surface area contributed by atoms with Gasteiger partial charge in [0.15, 0.2) is 0 Å². The summed E-state index contributed by atoms with van der Waals surface area (Å²) in [7, 11) is 0. The molecule has 2 heterocycles. The van der Waals surface area contributed by atoms with E-state index in [0.29, 0.717) is 6.04 Å². The fourth-order valence-electron chi connectivity index (χ4n) is 4.55. The van der Waals surface area contributed by atoms with Crippen molar-refractivity contribution in [2.75, 3.05) is 26.2 Å². The van der Waals surface area contributed by atoms with Crippen LogP contribution >= 0.6 is 0 Å². The molecule has 27 heavy (non-hydrogen) atoms. The molecule has 2 N–H and O–H groups in total. The molecule has 2 amide bonds. The lowest BCUT2D eigenvalue weighted by atomic mass is 9.81. The Morgan fingerprint density at radius 2 is 2.22 bits per heavy atom. The number of H-pyrrole nitrogens is 1. The van der Waals surface area contributed by atoms with E-state index in [1.807, 2.05) is 24.8 Å². The SMILES string of the molecule is C=CCN1C[C@H](NC(=O)N(CC)CC)C=C2c3cccc4[nH]cc(c34)C[C@H]21. The van der Waals surface area contributed by atoms with E-state index < -0.39 is 0 Å². The van der Waals surface area contributed by atoms with Gasteiger partial charge in [0.05, 0.1) is 6.04 Å². The van der Waals surface area contributed by atoms with Crippen LogP contribution in [0.3, 0.4) is 0 Å². The van der Waals surface area contributed by atoms with E-state index in [4.69, 9.17) is 0 Å². The Labute approximate surface area is 160 Å². The van der Waals surface area contributed by atoms with Crippen LogP contribution in [-0.4, -0.2) is 59.1 Å². The Bertz CT molecular complexity index is 893. The molecule has 0 saturated carbocycles. The lowest BCUT2D eigenvalue weighted by Crippen LogP contribution is -2.54. The van der Waals surface area contributed by atoms with Gasteiger partial charge in [-0.3, -0.25) is 4.90 Å². The summed E-state index contributed by atoms with van der Waals surface area (Å²) < 4.78 is 0. The zero-order valence-electron chi connectivity index (χ0n) is 16.2. The minimum Gasteiger partial charge on any atom is -0.361 e. The zero-order valence-corrected chi connectivity index (χ0v) is 16.2. The van der Waals surface area contributed by atoms with Crippen molar-refractivity contribution in [1.29, 1.82) is 0 Å². The van der Waals surface area contributed by atoms with E-state index in [2.05, 4.69) is 52.3 Å². The van der Waals surface area contributed by atoms with Gasteiger partial charge in [-0.15, -0.1) is 6.58 Å². The molecule has 2 aromatic rings. The van der Waals surface area contributed by atoms with Crippen LogP contribution in [0.2, 0.25) is 0 Å². The molecule has 5 heteroatoms. The molecular weight excluding hydrogens is 336 g/mol. The second-order valence-corrected chi connectivity index (χ2v) is 7.35. The van der Waals surface area contributed by atoms with Gasteiger partial charge in [0.25, 0.3) is 0 Å². The average Bonchev–Trinajstić information content (AvgIpc) is 3.08. The summed E-state index contributed by atoms with van der Waals surface area (Å²) in [6, 6.07) is 6.79. The summed E-state index contributed by atoms with van der Waals surface area (Å²) in [6.45, 7) is 11.0. The maximum absolute atomic E-state index is 12.6. The van der Waals surface area contributed by atoms with Crippen LogP contribution < -0.4 is 5.32 Å². The molecule has 1 aromatic carbocycles. The van der Waals surface area contributed by atoms with Gasteiger partial charge in [-0.2, -0.15) is 0 Å². The average molecular weight is 364 g/mol. The first-order valence-electron chi connectivity index (χ1n) is 9.87. The summed E-state index contributed by atoms with van der Waals surface area (Å²) in [5.41, 5.74) is 5.18. The van der Waals surface area contributed by atoms with Gasteiger partial charge in [-0.05, 0) is 43.0 Å². The molecule has 4 rings (SSSR count). The van der Waals surface area contributed by atoms with Crippen molar-refractivity contribution >= 4 is 22.5 Å². The van der Waals surface area contributed by atoms with Gasteiger partial charge >= 0.3 is 6.03 Å². The summed E-state index contributed by atoms with van der Waals surface area (Å²) in [6.07, 6.45) is 7.37.